The van der Waals surface area contributed by atoms with E-state index in [1.807, 2.05) is 6.92 Å². The van der Waals surface area contributed by atoms with Crippen molar-refractivity contribution < 1.29 is 5.11 Å². The molecule has 15 heavy (non-hydrogen) atoms. The summed E-state index contributed by atoms with van der Waals surface area (Å²) >= 11 is 0. The lowest BCUT2D eigenvalue weighted by Crippen LogP contribution is -2.16. The van der Waals surface area contributed by atoms with Crippen molar-refractivity contribution >= 4 is 0 Å². The van der Waals surface area contributed by atoms with Gasteiger partial charge in [-0.2, -0.15) is 0 Å². The molecule has 0 atom stereocenters. The lowest BCUT2D eigenvalue weighted by atomic mass is 9.80. The Hall–Kier alpha value is -0.980. The number of rotatable bonds is 3. The van der Waals surface area contributed by atoms with E-state index in [1.54, 1.807) is 0 Å². The summed E-state index contributed by atoms with van der Waals surface area (Å²) in [5, 5.41) is 10.1. The molecule has 0 aliphatic heterocycles. The largest absolute Gasteiger partial charge is 0.507 e. The van der Waals surface area contributed by atoms with Gasteiger partial charge in [0.1, 0.15) is 5.75 Å². The highest BCUT2D eigenvalue weighted by Gasteiger charge is 2.23. The van der Waals surface area contributed by atoms with Crippen molar-refractivity contribution in [2.75, 3.05) is 0 Å². The predicted octanol–water partition coefficient (Wildman–Crippen LogP) is 3.95. The van der Waals surface area contributed by atoms with E-state index in [4.69, 9.17) is 0 Å². The van der Waals surface area contributed by atoms with Gasteiger partial charge in [-0.15, -0.1) is 0 Å². The minimum Gasteiger partial charge on any atom is -0.507 e. The maximum Gasteiger partial charge on any atom is 0.122 e. The predicted molar refractivity (Wildman–Crippen MR) is 65.5 cm³/mol. The van der Waals surface area contributed by atoms with Gasteiger partial charge < -0.3 is 5.11 Å². The van der Waals surface area contributed by atoms with Crippen LogP contribution in [0.15, 0.2) is 12.1 Å². The van der Waals surface area contributed by atoms with Crippen molar-refractivity contribution in [3.8, 4) is 5.75 Å². The standard InChI is InChI=1S/C14H22O/c1-6-11-8-10(3)13(15)12(9-11)14(4,5)7-2/h8-9,15H,6-7H2,1-5H3. The lowest BCUT2D eigenvalue weighted by molar-refractivity contribution is 0.425. The first-order valence-electron chi connectivity index (χ1n) is 5.75. The fourth-order valence-electron chi connectivity index (χ4n) is 1.76. The number of benzene rings is 1. The summed E-state index contributed by atoms with van der Waals surface area (Å²) in [5.41, 5.74) is 3.44. The molecule has 0 unspecified atom stereocenters. The van der Waals surface area contributed by atoms with Gasteiger partial charge in [-0.3, -0.25) is 0 Å². The van der Waals surface area contributed by atoms with Crippen molar-refractivity contribution in [3.63, 3.8) is 0 Å². The molecule has 0 saturated carbocycles. The van der Waals surface area contributed by atoms with Crippen molar-refractivity contribution in [3.05, 3.63) is 28.8 Å². The average molecular weight is 206 g/mol. The highest BCUT2D eigenvalue weighted by atomic mass is 16.3. The molecule has 1 heteroatoms. The molecule has 0 amide bonds. The minimum absolute atomic E-state index is 0.0556. The number of hydrogen-bond donors (Lipinski definition) is 1. The molecular weight excluding hydrogens is 184 g/mol. The fourth-order valence-corrected chi connectivity index (χ4v) is 1.76. The number of hydrogen-bond acceptors (Lipinski definition) is 1. The topological polar surface area (TPSA) is 20.2 Å². The molecule has 0 aliphatic rings. The van der Waals surface area contributed by atoms with Gasteiger partial charge >= 0.3 is 0 Å². The Bertz CT molecular complexity index is 351. The van der Waals surface area contributed by atoms with Crippen LogP contribution in [-0.2, 0) is 11.8 Å². The zero-order valence-corrected chi connectivity index (χ0v) is 10.5. The Morgan fingerprint density at radius 2 is 1.80 bits per heavy atom. The fraction of sp³-hybridized carbons (Fsp3) is 0.571. The third kappa shape index (κ3) is 2.34. The molecule has 0 aliphatic carbocycles. The normalized spacial score (nSPS) is 11.8. The van der Waals surface area contributed by atoms with Gasteiger partial charge in [-0.1, -0.05) is 39.8 Å². The van der Waals surface area contributed by atoms with E-state index in [-0.39, 0.29) is 5.41 Å². The summed E-state index contributed by atoms with van der Waals surface area (Å²) in [4.78, 5) is 0. The molecule has 0 radical (unpaired) electrons. The molecule has 1 N–H and O–H groups in total. The Kier molecular flexibility index (Phi) is 3.43. The molecule has 1 rings (SSSR count). The van der Waals surface area contributed by atoms with Crippen LogP contribution in [0, 0.1) is 6.92 Å². The summed E-state index contributed by atoms with van der Waals surface area (Å²) in [6.07, 6.45) is 2.06. The van der Waals surface area contributed by atoms with E-state index in [2.05, 4.69) is 39.8 Å². The quantitative estimate of drug-likeness (QED) is 0.794. The van der Waals surface area contributed by atoms with E-state index < -0.39 is 0 Å². The van der Waals surface area contributed by atoms with Gasteiger partial charge in [0.25, 0.3) is 0 Å². The third-order valence-electron chi connectivity index (χ3n) is 3.38. The van der Waals surface area contributed by atoms with Crippen LogP contribution in [0.2, 0.25) is 0 Å². The summed E-state index contributed by atoms with van der Waals surface area (Å²) in [5.74, 6) is 0.471. The van der Waals surface area contributed by atoms with E-state index >= 15 is 0 Å². The van der Waals surface area contributed by atoms with E-state index in [0.717, 1.165) is 24.0 Å². The van der Waals surface area contributed by atoms with Crippen LogP contribution >= 0.6 is 0 Å². The molecule has 1 aromatic carbocycles. The van der Waals surface area contributed by atoms with Crippen LogP contribution in [-0.4, -0.2) is 5.11 Å². The number of phenols is 1. The molecule has 1 aromatic rings. The molecule has 0 aromatic heterocycles. The molecule has 0 spiro atoms. The zero-order chi connectivity index (χ0) is 11.6. The maximum absolute atomic E-state index is 10.1. The number of aryl methyl sites for hydroxylation is 2. The van der Waals surface area contributed by atoms with Crippen LogP contribution in [0.3, 0.4) is 0 Å². The van der Waals surface area contributed by atoms with Crippen molar-refractivity contribution in [1.29, 1.82) is 0 Å². The summed E-state index contributed by atoms with van der Waals surface area (Å²) in [6, 6.07) is 4.22. The molecular formula is C14H22O. The summed E-state index contributed by atoms with van der Waals surface area (Å²) in [6.45, 7) is 10.6. The van der Waals surface area contributed by atoms with E-state index in [1.165, 1.54) is 5.56 Å². The second-order valence-corrected chi connectivity index (χ2v) is 4.90. The first-order valence-corrected chi connectivity index (χ1v) is 5.75. The second kappa shape index (κ2) is 4.26. The number of phenolic OH excluding ortho intramolecular Hbond substituents is 1. The minimum atomic E-state index is 0.0556. The van der Waals surface area contributed by atoms with Crippen molar-refractivity contribution in [2.45, 2.75) is 52.9 Å². The molecule has 0 saturated heterocycles. The van der Waals surface area contributed by atoms with Crippen LogP contribution < -0.4 is 0 Å². The molecule has 0 heterocycles. The Morgan fingerprint density at radius 3 is 2.27 bits per heavy atom. The molecule has 0 fully saturated rings. The van der Waals surface area contributed by atoms with Gasteiger partial charge in [0.05, 0.1) is 0 Å². The van der Waals surface area contributed by atoms with E-state index in [9.17, 15) is 5.11 Å². The third-order valence-corrected chi connectivity index (χ3v) is 3.38. The maximum atomic E-state index is 10.1. The van der Waals surface area contributed by atoms with Crippen LogP contribution in [0.5, 0.6) is 5.75 Å². The van der Waals surface area contributed by atoms with Crippen molar-refractivity contribution in [1.82, 2.24) is 0 Å². The van der Waals surface area contributed by atoms with Gasteiger partial charge in [0, 0.05) is 5.56 Å². The summed E-state index contributed by atoms with van der Waals surface area (Å²) < 4.78 is 0. The first-order chi connectivity index (χ1) is 6.92. The highest BCUT2D eigenvalue weighted by molar-refractivity contribution is 5.46. The smallest absolute Gasteiger partial charge is 0.122 e. The highest BCUT2D eigenvalue weighted by Crippen LogP contribution is 2.36. The average Bonchev–Trinajstić information content (AvgIpc) is 2.21. The molecule has 84 valence electrons. The Morgan fingerprint density at radius 1 is 1.20 bits per heavy atom. The van der Waals surface area contributed by atoms with Crippen LogP contribution in [0.1, 0.15) is 50.8 Å². The van der Waals surface area contributed by atoms with Crippen molar-refractivity contribution in [2.24, 2.45) is 0 Å². The first kappa shape index (κ1) is 12.1. The van der Waals surface area contributed by atoms with Crippen LogP contribution in [0.4, 0.5) is 0 Å². The van der Waals surface area contributed by atoms with Gasteiger partial charge in [0.2, 0.25) is 0 Å². The van der Waals surface area contributed by atoms with E-state index in [0.29, 0.717) is 5.75 Å². The monoisotopic (exact) mass is 206 g/mol. The molecule has 1 nitrogen and oxygen atoms in total. The lowest BCUT2D eigenvalue weighted by Gasteiger charge is -2.26. The van der Waals surface area contributed by atoms with Gasteiger partial charge in [-0.05, 0) is 36.3 Å². The Labute approximate surface area is 93.1 Å². The summed E-state index contributed by atoms with van der Waals surface area (Å²) in [7, 11) is 0. The zero-order valence-electron chi connectivity index (χ0n) is 10.5. The molecule has 0 bridgehead atoms. The van der Waals surface area contributed by atoms with Crippen LogP contribution in [0.25, 0.3) is 0 Å². The number of aromatic hydroxyl groups is 1. The van der Waals surface area contributed by atoms with Gasteiger partial charge in [-0.25, -0.2) is 0 Å². The Balaban J connectivity index is 3.34. The second-order valence-electron chi connectivity index (χ2n) is 4.90. The SMILES string of the molecule is CCc1cc(C)c(O)c(C(C)(C)CC)c1. The van der Waals surface area contributed by atoms with Gasteiger partial charge in [0.15, 0.2) is 0 Å².